The number of nitrogens with one attached hydrogen (secondary N) is 1. The van der Waals surface area contributed by atoms with Crippen molar-refractivity contribution in [1.82, 2.24) is 14.7 Å². The number of hydrogen-bond acceptors (Lipinski definition) is 4. The van der Waals surface area contributed by atoms with Gasteiger partial charge in [-0.15, -0.1) is 0 Å². The zero-order valence-corrected chi connectivity index (χ0v) is 15.0. The maximum absolute atomic E-state index is 11.9. The van der Waals surface area contributed by atoms with E-state index in [0.29, 0.717) is 10.5 Å². The molecule has 1 atom stereocenters. The largest absolute Gasteiger partial charge is 0.381 e. The SMILES string of the molecule is CC(CNc1cnn(C)c(=O)c1Br)N1CCc2ccccc2C1. The van der Waals surface area contributed by atoms with Gasteiger partial charge in [0, 0.05) is 32.7 Å². The fourth-order valence-corrected chi connectivity index (χ4v) is 3.41. The average Bonchev–Trinajstić information content (AvgIpc) is 2.58. The molecule has 0 spiro atoms. The van der Waals surface area contributed by atoms with Crippen LogP contribution in [-0.2, 0) is 20.0 Å². The summed E-state index contributed by atoms with van der Waals surface area (Å²) >= 11 is 3.35. The number of benzene rings is 1. The molecule has 0 radical (unpaired) electrons. The molecular weight excluding hydrogens is 356 g/mol. The van der Waals surface area contributed by atoms with Crippen LogP contribution >= 0.6 is 15.9 Å². The molecule has 122 valence electrons. The first-order valence-corrected chi connectivity index (χ1v) is 8.62. The number of anilines is 1. The minimum absolute atomic E-state index is 0.130. The Hall–Kier alpha value is -1.66. The minimum atomic E-state index is -0.130. The molecule has 0 saturated heterocycles. The molecule has 1 aromatic carbocycles. The summed E-state index contributed by atoms with van der Waals surface area (Å²) in [4.78, 5) is 14.3. The molecule has 3 rings (SSSR count). The van der Waals surface area contributed by atoms with Gasteiger partial charge in [0.2, 0.25) is 0 Å². The maximum Gasteiger partial charge on any atom is 0.282 e. The van der Waals surface area contributed by atoms with Crippen LogP contribution in [0.25, 0.3) is 0 Å². The number of rotatable bonds is 4. The first-order valence-electron chi connectivity index (χ1n) is 7.83. The van der Waals surface area contributed by atoms with E-state index in [2.05, 4.69) is 62.4 Å². The zero-order chi connectivity index (χ0) is 16.4. The van der Waals surface area contributed by atoms with Crippen molar-refractivity contribution in [2.75, 3.05) is 18.4 Å². The summed E-state index contributed by atoms with van der Waals surface area (Å²) in [6.45, 7) is 5.03. The summed E-state index contributed by atoms with van der Waals surface area (Å²) in [5.74, 6) is 0. The predicted octanol–water partition coefficient (Wildman–Crippen LogP) is 2.40. The molecule has 23 heavy (non-hydrogen) atoms. The van der Waals surface area contributed by atoms with Gasteiger partial charge >= 0.3 is 0 Å². The Morgan fingerprint density at radius 2 is 2.09 bits per heavy atom. The lowest BCUT2D eigenvalue weighted by atomic mass is 9.99. The van der Waals surface area contributed by atoms with Gasteiger partial charge in [0.25, 0.3) is 5.56 Å². The van der Waals surface area contributed by atoms with E-state index >= 15 is 0 Å². The lowest BCUT2D eigenvalue weighted by Gasteiger charge is -2.34. The quantitative estimate of drug-likeness (QED) is 0.889. The van der Waals surface area contributed by atoms with E-state index in [-0.39, 0.29) is 5.56 Å². The van der Waals surface area contributed by atoms with E-state index in [0.717, 1.165) is 31.7 Å². The summed E-state index contributed by atoms with van der Waals surface area (Å²) in [5.41, 5.74) is 3.50. The molecule has 0 fully saturated rings. The van der Waals surface area contributed by atoms with Gasteiger partial charge in [-0.05, 0) is 40.4 Å². The van der Waals surface area contributed by atoms with E-state index < -0.39 is 0 Å². The molecule has 0 saturated carbocycles. The van der Waals surface area contributed by atoms with Crippen molar-refractivity contribution in [2.45, 2.75) is 25.9 Å². The van der Waals surface area contributed by atoms with E-state index in [1.807, 2.05) is 0 Å². The number of aromatic nitrogens is 2. The smallest absolute Gasteiger partial charge is 0.282 e. The summed E-state index contributed by atoms with van der Waals surface area (Å²) in [6.07, 6.45) is 2.78. The van der Waals surface area contributed by atoms with Crippen molar-refractivity contribution in [1.29, 1.82) is 0 Å². The third kappa shape index (κ3) is 3.48. The van der Waals surface area contributed by atoms with Gasteiger partial charge in [-0.3, -0.25) is 9.69 Å². The normalized spacial score (nSPS) is 16.0. The van der Waals surface area contributed by atoms with E-state index in [4.69, 9.17) is 0 Å². The van der Waals surface area contributed by atoms with Crippen molar-refractivity contribution in [2.24, 2.45) is 7.05 Å². The summed E-state index contributed by atoms with van der Waals surface area (Å²) in [6, 6.07) is 9.02. The van der Waals surface area contributed by atoms with Gasteiger partial charge in [-0.2, -0.15) is 5.10 Å². The van der Waals surface area contributed by atoms with Gasteiger partial charge in [0.1, 0.15) is 4.47 Å². The Balaban J connectivity index is 1.64. The second-order valence-electron chi connectivity index (χ2n) is 6.02. The molecule has 1 aliphatic heterocycles. The second kappa shape index (κ2) is 6.84. The van der Waals surface area contributed by atoms with E-state index in [1.54, 1.807) is 13.2 Å². The molecule has 0 aliphatic carbocycles. The monoisotopic (exact) mass is 376 g/mol. The highest BCUT2D eigenvalue weighted by Crippen LogP contribution is 2.21. The summed E-state index contributed by atoms with van der Waals surface area (Å²) in [7, 11) is 1.64. The van der Waals surface area contributed by atoms with Crippen molar-refractivity contribution >= 4 is 21.6 Å². The van der Waals surface area contributed by atoms with Crippen LogP contribution < -0.4 is 10.9 Å². The molecular formula is C17H21BrN4O. The second-order valence-corrected chi connectivity index (χ2v) is 6.81. The van der Waals surface area contributed by atoms with Crippen molar-refractivity contribution in [3.63, 3.8) is 0 Å². The van der Waals surface area contributed by atoms with Gasteiger partial charge in [0.05, 0.1) is 11.9 Å². The van der Waals surface area contributed by atoms with Crippen LogP contribution in [0.5, 0.6) is 0 Å². The van der Waals surface area contributed by atoms with E-state index in [9.17, 15) is 4.79 Å². The Labute approximate surface area is 144 Å². The van der Waals surface area contributed by atoms with Crippen LogP contribution in [0.2, 0.25) is 0 Å². The van der Waals surface area contributed by atoms with Crippen LogP contribution in [-0.4, -0.2) is 33.8 Å². The van der Waals surface area contributed by atoms with Gasteiger partial charge in [-0.1, -0.05) is 24.3 Å². The van der Waals surface area contributed by atoms with E-state index in [1.165, 1.54) is 15.8 Å². The maximum atomic E-state index is 11.9. The molecule has 0 amide bonds. The topological polar surface area (TPSA) is 50.2 Å². The third-order valence-corrected chi connectivity index (χ3v) is 5.22. The summed E-state index contributed by atoms with van der Waals surface area (Å²) < 4.78 is 1.85. The van der Waals surface area contributed by atoms with Gasteiger partial charge in [-0.25, -0.2) is 4.68 Å². The van der Waals surface area contributed by atoms with Crippen molar-refractivity contribution in [3.8, 4) is 0 Å². The molecule has 0 bridgehead atoms. The standard InChI is InChI=1S/C17H21BrN4O/c1-12(9-19-15-10-20-21(2)17(23)16(15)18)22-8-7-13-5-3-4-6-14(13)11-22/h3-6,10,12,19H,7-9,11H2,1-2H3. The Kier molecular flexibility index (Phi) is 4.82. The lowest BCUT2D eigenvalue weighted by molar-refractivity contribution is 0.198. The minimum Gasteiger partial charge on any atom is -0.381 e. The molecule has 1 aromatic heterocycles. The average molecular weight is 377 g/mol. The molecule has 1 aliphatic rings. The third-order valence-electron chi connectivity index (χ3n) is 4.45. The first kappa shape index (κ1) is 16.2. The van der Waals surface area contributed by atoms with Crippen molar-refractivity contribution < 1.29 is 0 Å². The van der Waals surface area contributed by atoms with Gasteiger partial charge in [0.15, 0.2) is 0 Å². The number of nitrogens with zero attached hydrogens (tertiary/aromatic N) is 3. The molecule has 2 aromatic rings. The fraction of sp³-hybridized carbons (Fsp3) is 0.412. The number of aryl methyl sites for hydroxylation is 1. The van der Waals surface area contributed by atoms with Crippen LogP contribution in [0.1, 0.15) is 18.1 Å². The molecule has 6 heteroatoms. The Morgan fingerprint density at radius 3 is 2.87 bits per heavy atom. The molecule has 1 unspecified atom stereocenters. The molecule has 5 nitrogen and oxygen atoms in total. The number of hydrogen-bond donors (Lipinski definition) is 1. The lowest BCUT2D eigenvalue weighted by Crippen LogP contribution is -2.41. The Bertz CT molecular complexity index is 758. The molecule has 2 heterocycles. The van der Waals surface area contributed by atoms with Gasteiger partial charge < -0.3 is 5.32 Å². The number of halogens is 1. The highest BCUT2D eigenvalue weighted by Gasteiger charge is 2.20. The Morgan fingerprint density at radius 1 is 1.35 bits per heavy atom. The van der Waals surface area contributed by atoms with Crippen LogP contribution in [0.3, 0.4) is 0 Å². The van der Waals surface area contributed by atoms with Crippen molar-refractivity contribution in [3.05, 3.63) is 56.4 Å². The fourth-order valence-electron chi connectivity index (χ4n) is 2.91. The van der Waals surface area contributed by atoms with Crippen LogP contribution in [0.15, 0.2) is 39.7 Å². The van der Waals surface area contributed by atoms with Crippen LogP contribution in [0.4, 0.5) is 5.69 Å². The van der Waals surface area contributed by atoms with Crippen LogP contribution in [0, 0.1) is 0 Å². The summed E-state index contributed by atoms with van der Waals surface area (Å²) in [5, 5.41) is 7.40. The first-order chi connectivity index (χ1) is 11.1. The highest BCUT2D eigenvalue weighted by atomic mass is 79.9. The molecule has 1 N–H and O–H groups in total. The predicted molar refractivity (Wildman–Crippen MR) is 95.7 cm³/mol. The zero-order valence-electron chi connectivity index (χ0n) is 13.4. The highest BCUT2D eigenvalue weighted by molar-refractivity contribution is 9.10. The number of fused-ring (bicyclic) bond motifs is 1.